The Morgan fingerprint density at radius 3 is 3.06 bits per heavy atom. The summed E-state index contributed by atoms with van der Waals surface area (Å²) in [4.78, 5) is 15.8. The molecule has 1 aliphatic heterocycles. The number of hydrogen-bond donors (Lipinski definition) is 1. The molecule has 1 fully saturated rings. The lowest BCUT2D eigenvalue weighted by molar-refractivity contribution is 0.213. The van der Waals surface area contributed by atoms with Gasteiger partial charge in [-0.3, -0.25) is 9.69 Å². The number of rotatable bonds is 2. The van der Waals surface area contributed by atoms with Crippen LogP contribution in [0.3, 0.4) is 0 Å². The van der Waals surface area contributed by atoms with E-state index in [0.717, 1.165) is 31.7 Å². The van der Waals surface area contributed by atoms with Crippen LogP contribution in [0.5, 0.6) is 0 Å². The summed E-state index contributed by atoms with van der Waals surface area (Å²) < 4.78 is 0. The van der Waals surface area contributed by atoms with Gasteiger partial charge in [0.05, 0.1) is 11.9 Å². The molecule has 88 valence electrons. The lowest BCUT2D eigenvalue weighted by Crippen LogP contribution is -2.51. The molecule has 0 bridgehead atoms. The van der Waals surface area contributed by atoms with Gasteiger partial charge in [-0.25, -0.2) is 5.10 Å². The van der Waals surface area contributed by atoms with Crippen LogP contribution in [0.2, 0.25) is 0 Å². The maximum Gasteiger partial charge on any atom is 0.266 e. The fourth-order valence-corrected chi connectivity index (χ4v) is 2.16. The van der Waals surface area contributed by atoms with Crippen LogP contribution in [0.15, 0.2) is 17.1 Å². The molecular weight excluding hydrogens is 204 g/mol. The summed E-state index contributed by atoms with van der Waals surface area (Å²) in [6.07, 6.45) is 2.85. The number of piperazine rings is 1. The minimum absolute atomic E-state index is 0.135. The number of nitrogens with zero attached hydrogens (tertiary/aromatic N) is 3. The van der Waals surface area contributed by atoms with Crippen LogP contribution in [0.1, 0.15) is 13.3 Å². The molecule has 1 saturated heterocycles. The van der Waals surface area contributed by atoms with Crippen molar-refractivity contribution in [1.82, 2.24) is 15.1 Å². The largest absolute Gasteiger partial charge is 0.367 e. The van der Waals surface area contributed by atoms with E-state index in [1.54, 1.807) is 12.3 Å². The molecular formula is C11H18N4O. The fraction of sp³-hybridized carbons (Fsp3) is 0.636. The van der Waals surface area contributed by atoms with Crippen molar-refractivity contribution in [3.8, 4) is 0 Å². The first kappa shape index (κ1) is 11.1. The molecule has 0 radical (unpaired) electrons. The molecule has 1 N–H and O–H groups in total. The third kappa shape index (κ3) is 2.24. The lowest BCUT2D eigenvalue weighted by atomic mass is 10.1. The van der Waals surface area contributed by atoms with Crippen LogP contribution in [-0.2, 0) is 0 Å². The van der Waals surface area contributed by atoms with Gasteiger partial charge in [-0.05, 0) is 13.5 Å². The molecule has 1 atom stereocenters. The summed E-state index contributed by atoms with van der Waals surface area (Å²) in [6, 6.07) is 2.18. The van der Waals surface area contributed by atoms with Crippen molar-refractivity contribution in [2.75, 3.05) is 31.6 Å². The van der Waals surface area contributed by atoms with Gasteiger partial charge >= 0.3 is 0 Å². The maximum atomic E-state index is 11.2. The standard InChI is InChI=1S/C11H18N4O/c1-3-9-8-15(5-4-14(9)2)10-6-11(16)13-12-7-10/h6-7,9H,3-5,8H2,1-2H3,(H,13,16). The molecule has 16 heavy (non-hydrogen) atoms. The molecule has 1 aromatic heterocycles. The highest BCUT2D eigenvalue weighted by molar-refractivity contribution is 5.43. The summed E-state index contributed by atoms with van der Waals surface area (Å²) in [5, 5.41) is 6.24. The van der Waals surface area contributed by atoms with Crippen LogP contribution in [0.4, 0.5) is 5.69 Å². The lowest BCUT2D eigenvalue weighted by Gasteiger charge is -2.40. The number of nitrogens with one attached hydrogen (secondary N) is 1. The van der Waals surface area contributed by atoms with E-state index < -0.39 is 0 Å². The predicted molar refractivity (Wildman–Crippen MR) is 63.8 cm³/mol. The molecule has 0 spiro atoms. The molecule has 0 aliphatic carbocycles. The van der Waals surface area contributed by atoms with Crippen LogP contribution in [-0.4, -0.2) is 47.8 Å². The molecule has 0 amide bonds. The third-order valence-corrected chi connectivity index (χ3v) is 3.26. The predicted octanol–water partition coefficient (Wildman–Crippen LogP) is 0.300. The Morgan fingerprint density at radius 1 is 1.56 bits per heavy atom. The minimum Gasteiger partial charge on any atom is -0.367 e. The number of aromatic amines is 1. The highest BCUT2D eigenvalue weighted by atomic mass is 16.1. The second kappa shape index (κ2) is 4.65. The van der Waals surface area contributed by atoms with E-state index in [9.17, 15) is 4.79 Å². The van der Waals surface area contributed by atoms with Crippen molar-refractivity contribution < 1.29 is 0 Å². The number of H-pyrrole nitrogens is 1. The van der Waals surface area contributed by atoms with E-state index in [2.05, 4.69) is 34.0 Å². The molecule has 0 saturated carbocycles. The fourth-order valence-electron chi connectivity index (χ4n) is 2.16. The minimum atomic E-state index is -0.135. The zero-order valence-electron chi connectivity index (χ0n) is 9.81. The Kier molecular flexibility index (Phi) is 3.24. The van der Waals surface area contributed by atoms with Crippen molar-refractivity contribution in [2.45, 2.75) is 19.4 Å². The van der Waals surface area contributed by atoms with Gasteiger partial charge in [0.2, 0.25) is 0 Å². The van der Waals surface area contributed by atoms with Crippen LogP contribution in [0, 0.1) is 0 Å². The van der Waals surface area contributed by atoms with E-state index in [1.165, 1.54) is 0 Å². The van der Waals surface area contributed by atoms with Gasteiger partial charge < -0.3 is 4.90 Å². The first-order chi connectivity index (χ1) is 7.70. The summed E-state index contributed by atoms with van der Waals surface area (Å²) in [7, 11) is 2.15. The van der Waals surface area contributed by atoms with E-state index in [1.807, 2.05) is 0 Å². The maximum absolute atomic E-state index is 11.2. The van der Waals surface area contributed by atoms with Crippen LogP contribution in [0.25, 0.3) is 0 Å². The van der Waals surface area contributed by atoms with E-state index >= 15 is 0 Å². The van der Waals surface area contributed by atoms with Gasteiger partial charge in [-0.1, -0.05) is 6.92 Å². The van der Waals surface area contributed by atoms with E-state index in [4.69, 9.17) is 0 Å². The second-order valence-electron chi connectivity index (χ2n) is 4.29. The molecule has 0 aromatic carbocycles. The average molecular weight is 222 g/mol. The Balaban J connectivity index is 2.14. The first-order valence-corrected chi connectivity index (χ1v) is 5.70. The normalized spacial score (nSPS) is 22.4. The zero-order chi connectivity index (χ0) is 11.5. The van der Waals surface area contributed by atoms with Gasteiger partial charge in [-0.2, -0.15) is 5.10 Å². The zero-order valence-corrected chi connectivity index (χ0v) is 9.81. The van der Waals surface area contributed by atoms with Crippen molar-refractivity contribution in [2.24, 2.45) is 0 Å². The van der Waals surface area contributed by atoms with E-state index in [0.29, 0.717) is 6.04 Å². The highest BCUT2D eigenvalue weighted by Gasteiger charge is 2.23. The molecule has 2 heterocycles. The monoisotopic (exact) mass is 222 g/mol. The quantitative estimate of drug-likeness (QED) is 0.782. The summed E-state index contributed by atoms with van der Waals surface area (Å²) in [5.41, 5.74) is 0.791. The molecule has 1 aromatic rings. The second-order valence-corrected chi connectivity index (χ2v) is 4.29. The Morgan fingerprint density at radius 2 is 2.38 bits per heavy atom. The summed E-state index contributed by atoms with van der Waals surface area (Å²) >= 11 is 0. The molecule has 5 heteroatoms. The Labute approximate surface area is 95.1 Å². The Hall–Kier alpha value is -1.36. The van der Waals surface area contributed by atoms with Crippen molar-refractivity contribution in [3.05, 3.63) is 22.6 Å². The number of anilines is 1. The number of aromatic nitrogens is 2. The third-order valence-electron chi connectivity index (χ3n) is 3.26. The van der Waals surface area contributed by atoms with E-state index in [-0.39, 0.29) is 5.56 Å². The van der Waals surface area contributed by atoms with Gasteiger partial charge in [-0.15, -0.1) is 0 Å². The topological polar surface area (TPSA) is 52.2 Å². The van der Waals surface area contributed by atoms with Gasteiger partial charge in [0.15, 0.2) is 0 Å². The van der Waals surface area contributed by atoms with Gasteiger partial charge in [0.25, 0.3) is 5.56 Å². The summed E-state index contributed by atoms with van der Waals surface area (Å²) in [6.45, 7) is 5.16. The molecule has 2 rings (SSSR count). The Bertz CT molecular complexity index is 403. The molecule has 5 nitrogen and oxygen atoms in total. The first-order valence-electron chi connectivity index (χ1n) is 5.70. The van der Waals surface area contributed by atoms with Crippen molar-refractivity contribution in [3.63, 3.8) is 0 Å². The highest BCUT2D eigenvalue weighted by Crippen LogP contribution is 2.16. The van der Waals surface area contributed by atoms with Crippen molar-refractivity contribution >= 4 is 5.69 Å². The van der Waals surface area contributed by atoms with Crippen LogP contribution < -0.4 is 10.5 Å². The van der Waals surface area contributed by atoms with Crippen molar-refractivity contribution in [1.29, 1.82) is 0 Å². The van der Waals surface area contributed by atoms with Crippen LogP contribution >= 0.6 is 0 Å². The summed E-state index contributed by atoms with van der Waals surface area (Å²) in [5.74, 6) is 0. The smallest absolute Gasteiger partial charge is 0.266 e. The molecule has 1 aliphatic rings. The average Bonchev–Trinajstić information content (AvgIpc) is 2.29. The van der Waals surface area contributed by atoms with Gasteiger partial charge in [0, 0.05) is 31.7 Å². The van der Waals surface area contributed by atoms with Gasteiger partial charge in [0.1, 0.15) is 0 Å². The number of likely N-dealkylation sites (N-methyl/N-ethyl adjacent to an activating group) is 1. The molecule has 1 unspecified atom stereocenters. The SMILES string of the molecule is CCC1CN(c2cn[nH]c(=O)c2)CCN1C. The number of hydrogen-bond acceptors (Lipinski definition) is 4.